The molecule has 1 aromatic rings. The second kappa shape index (κ2) is 6.08. The molecule has 0 saturated carbocycles. The van der Waals surface area contributed by atoms with Gasteiger partial charge in [0, 0.05) is 11.1 Å². The van der Waals surface area contributed by atoms with Crippen LogP contribution in [0.25, 0.3) is 0 Å². The molecule has 1 aliphatic carbocycles. The van der Waals surface area contributed by atoms with Crippen molar-refractivity contribution in [3.63, 3.8) is 0 Å². The molecule has 110 valence electrons. The van der Waals surface area contributed by atoms with Gasteiger partial charge in [0.2, 0.25) is 0 Å². The van der Waals surface area contributed by atoms with Crippen LogP contribution in [0.2, 0.25) is 0 Å². The molecule has 0 spiro atoms. The summed E-state index contributed by atoms with van der Waals surface area (Å²) in [5.74, 6) is 0.497. The molecule has 0 bridgehead atoms. The van der Waals surface area contributed by atoms with Crippen LogP contribution < -0.4 is 5.73 Å². The van der Waals surface area contributed by atoms with Crippen LogP contribution in [0.4, 0.5) is 11.4 Å². The first-order chi connectivity index (χ1) is 9.90. The number of para-hydroxylation sites is 2. The maximum Gasteiger partial charge on any atom is 0.185 e. The van der Waals surface area contributed by atoms with Gasteiger partial charge in [0.25, 0.3) is 0 Å². The fourth-order valence-corrected chi connectivity index (χ4v) is 2.31. The lowest BCUT2D eigenvalue weighted by atomic mass is 9.84. The van der Waals surface area contributed by atoms with Gasteiger partial charge in [-0.2, -0.15) is 0 Å². The van der Waals surface area contributed by atoms with Gasteiger partial charge in [-0.1, -0.05) is 39.8 Å². The molecule has 3 nitrogen and oxygen atoms in total. The molecule has 3 heteroatoms. The van der Waals surface area contributed by atoms with Crippen molar-refractivity contribution in [2.45, 2.75) is 27.7 Å². The third-order valence-electron chi connectivity index (χ3n) is 3.56. The smallest absolute Gasteiger partial charge is 0.185 e. The highest BCUT2D eigenvalue weighted by Crippen LogP contribution is 2.27. The van der Waals surface area contributed by atoms with Gasteiger partial charge in [-0.25, -0.2) is 4.99 Å². The van der Waals surface area contributed by atoms with E-state index in [4.69, 9.17) is 5.73 Å². The molecule has 0 radical (unpaired) electrons. The average Bonchev–Trinajstić information content (AvgIpc) is 2.42. The molecule has 2 N–H and O–H groups in total. The van der Waals surface area contributed by atoms with Crippen molar-refractivity contribution in [1.29, 1.82) is 0 Å². The number of carbonyl (C=O) groups excluding carboxylic acids is 1. The van der Waals surface area contributed by atoms with Gasteiger partial charge in [0.05, 0.1) is 17.1 Å². The van der Waals surface area contributed by atoms with E-state index in [-0.39, 0.29) is 17.6 Å². The quantitative estimate of drug-likeness (QED) is 0.670. The van der Waals surface area contributed by atoms with Crippen LogP contribution in [0.3, 0.4) is 0 Å². The molecule has 0 atom stereocenters. The molecular weight excluding hydrogens is 260 g/mol. The number of nitrogens with zero attached hydrogens (tertiary/aromatic N) is 1. The zero-order valence-corrected chi connectivity index (χ0v) is 13.1. The van der Waals surface area contributed by atoms with Crippen LogP contribution in [-0.2, 0) is 4.79 Å². The van der Waals surface area contributed by atoms with Gasteiger partial charge in [-0.05, 0) is 36.1 Å². The van der Waals surface area contributed by atoms with E-state index in [9.17, 15) is 4.79 Å². The maximum atomic E-state index is 12.5. The number of nitrogen functional groups attached to an aromatic ring is 1. The van der Waals surface area contributed by atoms with Crippen LogP contribution in [0.15, 0.2) is 52.6 Å². The van der Waals surface area contributed by atoms with Gasteiger partial charge in [-0.15, -0.1) is 0 Å². The Balaban J connectivity index is 2.51. The number of ketones is 1. The van der Waals surface area contributed by atoms with E-state index in [0.29, 0.717) is 5.69 Å². The number of Topliss-reactive ketones (excluding diaryl/α,β-unsaturated/α-hetero) is 1. The molecule has 0 amide bonds. The van der Waals surface area contributed by atoms with E-state index in [1.807, 2.05) is 64.1 Å². The topological polar surface area (TPSA) is 55.4 Å². The number of nitrogens with two attached hydrogens (primary N) is 1. The van der Waals surface area contributed by atoms with E-state index in [0.717, 1.165) is 22.5 Å². The molecule has 0 aromatic heterocycles. The van der Waals surface area contributed by atoms with Crippen molar-refractivity contribution >= 4 is 22.9 Å². The van der Waals surface area contributed by atoms with Crippen LogP contribution in [0, 0.1) is 11.8 Å². The normalized spacial score (nSPS) is 15.3. The number of anilines is 1. The number of benzene rings is 1. The van der Waals surface area contributed by atoms with Crippen molar-refractivity contribution in [3.05, 3.63) is 47.6 Å². The lowest BCUT2D eigenvalue weighted by molar-refractivity contribution is -0.113. The largest absolute Gasteiger partial charge is 0.397 e. The number of allylic oxidation sites excluding steroid dienone is 4. The second-order valence-corrected chi connectivity index (χ2v) is 5.93. The predicted molar refractivity (Wildman–Crippen MR) is 88.8 cm³/mol. The first-order valence-corrected chi connectivity index (χ1v) is 7.31. The number of rotatable bonds is 3. The van der Waals surface area contributed by atoms with Gasteiger partial charge < -0.3 is 5.73 Å². The zero-order valence-electron chi connectivity index (χ0n) is 13.1. The summed E-state index contributed by atoms with van der Waals surface area (Å²) >= 11 is 0. The van der Waals surface area contributed by atoms with E-state index in [1.54, 1.807) is 0 Å². The van der Waals surface area contributed by atoms with Crippen molar-refractivity contribution < 1.29 is 4.79 Å². The molecule has 0 saturated heterocycles. The zero-order chi connectivity index (χ0) is 15.6. The summed E-state index contributed by atoms with van der Waals surface area (Å²) in [4.78, 5) is 17.1. The summed E-state index contributed by atoms with van der Waals surface area (Å²) < 4.78 is 0. The SMILES string of the molecule is CC(C)C1=CC(=Nc2ccccc2N)C=C(C(C)C)C1=O. The molecule has 21 heavy (non-hydrogen) atoms. The molecular formula is C18H22N2O. The van der Waals surface area contributed by atoms with Crippen molar-refractivity contribution in [2.24, 2.45) is 16.8 Å². The second-order valence-electron chi connectivity index (χ2n) is 5.93. The van der Waals surface area contributed by atoms with Crippen LogP contribution in [0.1, 0.15) is 27.7 Å². The minimum Gasteiger partial charge on any atom is -0.397 e. The predicted octanol–water partition coefficient (Wildman–Crippen LogP) is 4.09. The van der Waals surface area contributed by atoms with Gasteiger partial charge in [0.1, 0.15) is 0 Å². The fourth-order valence-electron chi connectivity index (χ4n) is 2.31. The Hall–Kier alpha value is -2.16. The van der Waals surface area contributed by atoms with Gasteiger partial charge >= 0.3 is 0 Å². The Bertz CT molecular complexity index is 619. The van der Waals surface area contributed by atoms with Crippen LogP contribution in [-0.4, -0.2) is 11.5 Å². The number of hydrogen-bond acceptors (Lipinski definition) is 3. The molecule has 1 aromatic carbocycles. The average molecular weight is 282 g/mol. The molecule has 1 aliphatic rings. The Morgan fingerprint density at radius 2 is 1.48 bits per heavy atom. The monoisotopic (exact) mass is 282 g/mol. The lowest BCUT2D eigenvalue weighted by Crippen LogP contribution is -2.20. The highest BCUT2D eigenvalue weighted by Gasteiger charge is 2.24. The van der Waals surface area contributed by atoms with E-state index >= 15 is 0 Å². The summed E-state index contributed by atoms with van der Waals surface area (Å²) in [6.45, 7) is 8.12. The fraction of sp³-hybridized carbons (Fsp3) is 0.333. The summed E-state index contributed by atoms with van der Waals surface area (Å²) in [7, 11) is 0. The van der Waals surface area contributed by atoms with E-state index in [1.165, 1.54) is 0 Å². The minimum absolute atomic E-state index is 0.139. The summed E-state index contributed by atoms with van der Waals surface area (Å²) in [5, 5.41) is 0. The summed E-state index contributed by atoms with van der Waals surface area (Å²) in [6, 6.07) is 7.50. The molecule has 0 heterocycles. The Kier molecular flexibility index (Phi) is 4.41. The third kappa shape index (κ3) is 3.30. The standard InChI is InChI=1S/C18H22N2O/c1-11(2)14-9-13(10-15(12(3)4)18(14)21)20-17-8-6-5-7-16(17)19/h5-12H,19H2,1-4H3. The number of hydrogen-bond donors (Lipinski definition) is 1. The van der Waals surface area contributed by atoms with Gasteiger partial charge in [0.15, 0.2) is 5.78 Å². The van der Waals surface area contributed by atoms with Crippen molar-refractivity contribution in [3.8, 4) is 0 Å². The van der Waals surface area contributed by atoms with E-state index in [2.05, 4.69) is 4.99 Å². The highest BCUT2D eigenvalue weighted by molar-refractivity contribution is 6.22. The molecule has 0 fully saturated rings. The maximum absolute atomic E-state index is 12.5. The Labute approximate surface area is 126 Å². The van der Waals surface area contributed by atoms with E-state index < -0.39 is 0 Å². The number of carbonyl (C=O) groups is 1. The van der Waals surface area contributed by atoms with Crippen molar-refractivity contribution in [2.75, 3.05) is 5.73 Å². The Morgan fingerprint density at radius 3 is 1.95 bits per heavy atom. The van der Waals surface area contributed by atoms with Gasteiger partial charge in [-0.3, -0.25) is 4.79 Å². The lowest BCUT2D eigenvalue weighted by Gasteiger charge is -2.20. The molecule has 0 unspecified atom stereocenters. The number of aliphatic imine (C=N–C) groups is 1. The van der Waals surface area contributed by atoms with Crippen molar-refractivity contribution in [1.82, 2.24) is 0 Å². The minimum atomic E-state index is 0.139. The van der Waals surface area contributed by atoms with Crippen LogP contribution in [0.5, 0.6) is 0 Å². The summed E-state index contributed by atoms with van der Waals surface area (Å²) in [5.41, 5.74) is 9.74. The highest BCUT2D eigenvalue weighted by atomic mass is 16.1. The molecule has 0 aliphatic heterocycles. The first kappa shape index (κ1) is 15.2. The summed E-state index contributed by atoms with van der Waals surface area (Å²) in [6.07, 6.45) is 3.76. The molecule has 2 rings (SSSR count). The van der Waals surface area contributed by atoms with Crippen LogP contribution >= 0.6 is 0 Å². The third-order valence-corrected chi connectivity index (χ3v) is 3.56. The Morgan fingerprint density at radius 1 is 0.952 bits per heavy atom. The first-order valence-electron chi connectivity index (χ1n) is 7.31.